The molecule has 0 aromatic carbocycles. The van der Waals surface area contributed by atoms with Crippen LogP contribution < -0.4 is 10.6 Å². The van der Waals surface area contributed by atoms with Gasteiger partial charge in [-0.1, -0.05) is 0 Å². The molecule has 0 unspecified atom stereocenters. The summed E-state index contributed by atoms with van der Waals surface area (Å²) in [4.78, 5) is 4.69. The smallest absolute Gasteiger partial charge is 0.139 e. The van der Waals surface area contributed by atoms with Crippen LogP contribution in [-0.2, 0) is 0 Å². The van der Waals surface area contributed by atoms with Crippen molar-refractivity contribution in [1.29, 1.82) is 0 Å². The van der Waals surface area contributed by atoms with E-state index in [0.29, 0.717) is 5.82 Å². The van der Waals surface area contributed by atoms with Gasteiger partial charge in [-0.2, -0.15) is 4.37 Å². The second-order valence-electron chi connectivity index (χ2n) is 4.78. The van der Waals surface area contributed by atoms with Gasteiger partial charge in [-0.15, -0.1) is 0 Å². The van der Waals surface area contributed by atoms with Crippen molar-refractivity contribution in [3.63, 3.8) is 0 Å². The number of nitrogens with zero attached hydrogens (tertiary/aromatic N) is 3. The number of nitrogen functional groups attached to an aromatic ring is 1. The summed E-state index contributed by atoms with van der Waals surface area (Å²) in [6.45, 7) is 3.49. The van der Waals surface area contributed by atoms with Crippen molar-refractivity contribution >= 4 is 22.4 Å². The Labute approximate surface area is 101 Å². The van der Waals surface area contributed by atoms with Gasteiger partial charge in [-0.05, 0) is 44.4 Å². The van der Waals surface area contributed by atoms with Crippen LogP contribution in [0.4, 0.5) is 10.8 Å². The van der Waals surface area contributed by atoms with Gasteiger partial charge in [0, 0.05) is 25.7 Å². The molecule has 1 aromatic heterocycles. The number of hydrogen-bond acceptors (Lipinski definition) is 5. The molecule has 0 aliphatic carbocycles. The van der Waals surface area contributed by atoms with Crippen molar-refractivity contribution in [2.75, 3.05) is 44.4 Å². The molecule has 5 heteroatoms. The maximum absolute atomic E-state index is 5.64. The van der Waals surface area contributed by atoms with Crippen LogP contribution in [0.3, 0.4) is 0 Å². The lowest BCUT2D eigenvalue weighted by molar-refractivity contribution is 0.285. The van der Waals surface area contributed by atoms with Crippen LogP contribution in [0.25, 0.3) is 0 Å². The van der Waals surface area contributed by atoms with Gasteiger partial charge in [0.05, 0.1) is 0 Å². The zero-order valence-corrected chi connectivity index (χ0v) is 10.8. The molecule has 0 atom stereocenters. The van der Waals surface area contributed by atoms with Crippen molar-refractivity contribution in [3.05, 3.63) is 6.07 Å². The molecule has 2 rings (SSSR count). The van der Waals surface area contributed by atoms with E-state index in [9.17, 15) is 0 Å². The summed E-state index contributed by atoms with van der Waals surface area (Å²) in [7, 11) is 4.30. The minimum Gasteiger partial charge on any atom is -0.383 e. The van der Waals surface area contributed by atoms with Crippen LogP contribution in [0.5, 0.6) is 0 Å². The van der Waals surface area contributed by atoms with E-state index in [1.54, 1.807) is 0 Å². The van der Waals surface area contributed by atoms with Crippen molar-refractivity contribution in [3.8, 4) is 0 Å². The average molecular weight is 240 g/mol. The second kappa shape index (κ2) is 5.01. The largest absolute Gasteiger partial charge is 0.383 e. The Morgan fingerprint density at radius 1 is 1.50 bits per heavy atom. The lowest BCUT2D eigenvalue weighted by atomic mass is 9.96. The summed E-state index contributed by atoms with van der Waals surface area (Å²) in [5, 5.41) is 1.22. The van der Waals surface area contributed by atoms with Gasteiger partial charge in [0.2, 0.25) is 0 Å². The quantitative estimate of drug-likeness (QED) is 0.870. The summed E-state index contributed by atoms with van der Waals surface area (Å²) in [6, 6.07) is 1.98. The van der Waals surface area contributed by atoms with Crippen molar-refractivity contribution in [1.82, 2.24) is 9.27 Å². The standard InChI is InChI=1S/C11H20N4S/c1-14(2)8-9-3-5-15(6-4-9)11-7-10(12)13-16-11/h7,9H,3-6,8H2,1-2H3,(H2,12,13). The number of rotatable bonds is 3. The summed E-state index contributed by atoms with van der Waals surface area (Å²) in [5.74, 6) is 1.49. The Morgan fingerprint density at radius 3 is 2.69 bits per heavy atom. The first-order valence-corrected chi connectivity index (χ1v) is 6.54. The minimum atomic E-state index is 0.649. The van der Waals surface area contributed by atoms with Gasteiger partial charge in [-0.25, -0.2) is 0 Å². The molecule has 1 aromatic rings. The zero-order valence-electron chi connectivity index (χ0n) is 10.0. The van der Waals surface area contributed by atoms with Crippen LogP contribution in [0.1, 0.15) is 12.8 Å². The first-order chi connectivity index (χ1) is 7.65. The SMILES string of the molecule is CN(C)CC1CCN(c2cc(N)ns2)CC1. The molecule has 1 aliphatic rings. The lowest BCUT2D eigenvalue weighted by Gasteiger charge is -2.33. The third-order valence-corrected chi connectivity index (χ3v) is 3.93. The predicted molar refractivity (Wildman–Crippen MR) is 70.0 cm³/mol. The summed E-state index contributed by atoms with van der Waals surface area (Å²) in [5.41, 5.74) is 5.64. The van der Waals surface area contributed by atoms with E-state index in [0.717, 1.165) is 19.0 Å². The molecule has 2 heterocycles. The Hall–Kier alpha value is -0.810. The fourth-order valence-corrected chi connectivity index (χ4v) is 3.00. The van der Waals surface area contributed by atoms with Crippen LogP contribution in [0, 0.1) is 5.92 Å². The Bertz CT molecular complexity index is 328. The molecule has 0 spiro atoms. The first kappa shape index (κ1) is 11.7. The molecule has 90 valence electrons. The topological polar surface area (TPSA) is 45.4 Å². The van der Waals surface area contributed by atoms with E-state index in [2.05, 4.69) is 28.3 Å². The van der Waals surface area contributed by atoms with E-state index in [1.165, 1.54) is 35.9 Å². The van der Waals surface area contributed by atoms with E-state index in [4.69, 9.17) is 5.73 Å². The monoisotopic (exact) mass is 240 g/mol. The normalized spacial score (nSPS) is 18.3. The fourth-order valence-electron chi connectivity index (χ4n) is 2.28. The predicted octanol–water partition coefficient (Wildman–Crippen LogP) is 1.50. The minimum absolute atomic E-state index is 0.649. The zero-order chi connectivity index (χ0) is 11.5. The van der Waals surface area contributed by atoms with Gasteiger partial charge in [0.25, 0.3) is 0 Å². The number of hydrogen-bond donors (Lipinski definition) is 1. The number of anilines is 2. The van der Waals surface area contributed by atoms with Gasteiger partial charge >= 0.3 is 0 Å². The van der Waals surface area contributed by atoms with Crippen LogP contribution in [0.15, 0.2) is 6.07 Å². The van der Waals surface area contributed by atoms with Gasteiger partial charge < -0.3 is 15.5 Å². The van der Waals surface area contributed by atoms with E-state index in [1.807, 2.05) is 6.07 Å². The molecule has 16 heavy (non-hydrogen) atoms. The average Bonchev–Trinajstić information content (AvgIpc) is 2.65. The van der Waals surface area contributed by atoms with E-state index >= 15 is 0 Å². The highest BCUT2D eigenvalue weighted by Crippen LogP contribution is 2.27. The van der Waals surface area contributed by atoms with E-state index in [-0.39, 0.29) is 0 Å². The van der Waals surface area contributed by atoms with Gasteiger partial charge in [0.15, 0.2) is 0 Å². The second-order valence-corrected chi connectivity index (χ2v) is 5.57. The molecule has 4 nitrogen and oxygen atoms in total. The molecule has 0 amide bonds. The third kappa shape index (κ3) is 2.86. The molecule has 1 aliphatic heterocycles. The maximum Gasteiger partial charge on any atom is 0.139 e. The number of piperidine rings is 1. The fraction of sp³-hybridized carbons (Fsp3) is 0.727. The number of aromatic nitrogens is 1. The highest BCUT2D eigenvalue weighted by molar-refractivity contribution is 7.10. The summed E-state index contributed by atoms with van der Waals surface area (Å²) < 4.78 is 4.13. The molecular formula is C11H20N4S. The van der Waals surface area contributed by atoms with Crippen molar-refractivity contribution < 1.29 is 0 Å². The molecule has 0 bridgehead atoms. The highest BCUT2D eigenvalue weighted by atomic mass is 32.1. The van der Waals surface area contributed by atoms with Crippen molar-refractivity contribution in [2.24, 2.45) is 5.92 Å². The molecular weight excluding hydrogens is 220 g/mol. The summed E-state index contributed by atoms with van der Waals surface area (Å²) in [6.07, 6.45) is 2.55. The highest BCUT2D eigenvalue weighted by Gasteiger charge is 2.20. The Kier molecular flexibility index (Phi) is 3.66. The Balaban J connectivity index is 1.85. The summed E-state index contributed by atoms with van der Waals surface area (Å²) >= 11 is 1.51. The molecule has 0 saturated carbocycles. The first-order valence-electron chi connectivity index (χ1n) is 5.77. The van der Waals surface area contributed by atoms with Crippen LogP contribution in [-0.4, -0.2) is 43.0 Å². The van der Waals surface area contributed by atoms with E-state index < -0.39 is 0 Å². The number of nitrogens with two attached hydrogens (primary N) is 1. The maximum atomic E-state index is 5.64. The van der Waals surface area contributed by atoms with Gasteiger partial charge in [0.1, 0.15) is 10.8 Å². The Morgan fingerprint density at radius 2 is 2.19 bits per heavy atom. The molecule has 1 saturated heterocycles. The van der Waals surface area contributed by atoms with Crippen molar-refractivity contribution in [2.45, 2.75) is 12.8 Å². The molecule has 2 N–H and O–H groups in total. The lowest BCUT2D eigenvalue weighted by Crippen LogP contribution is -2.36. The molecule has 1 fully saturated rings. The van der Waals surface area contributed by atoms with Crippen LogP contribution in [0.2, 0.25) is 0 Å². The molecule has 0 radical (unpaired) electrons. The van der Waals surface area contributed by atoms with Gasteiger partial charge in [-0.3, -0.25) is 0 Å². The third-order valence-electron chi connectivity index (χ3n) is 3.07. The van der Waals surface area contributed by atoms with Crippen LogP contribution >= 0.6 is 11.5 Å².